The molecule has 0 aliphatic carbocycles. The van der Waals surface area contributed by atoms with Gasteiger partial charge in [-0.25, -0.2) is 4.99 Å². The zero-order valence-corrected chi connectivity index (χ0v) is 12.5. The third kappa shape index (κ3) is 3.49. The zero-order valence-electron chi connectivity index (χ0n) is 12.5. The molecule has 114 valence electrons. The summed E-state index contributed by atoms with van der Waals surface area (Å²) in [6.07, 6.45) is 0. The molecule has 0 atom stereocenters. The Morgan fingerprint density at radius 2 is 2.00 bits per heavy atom. The molecule has 2 aromatic carbocycles. The van der Waals surface area contributed by atoms with Gasteiger partial charge in [0.05, 0.1) is 19.3 Å². The standard InChI is InChI=1S/C17H19N3O2/c1-21-14-6-4-7-15(11-14)22-10-9-18-17-19-12-13-5-2-3-8-16(13)20-17/h2-8,11H,9-10,12H2,1H3,(H2,18,19,20). The van der Waals surface area contributed by atoms with Crippen LogP contribution in [0.1, 0.15) is 5.56 Å². The summed E-state index contributed by atoms with van der Waals surface area (Å²) in [5, 5.41) is 6.50. The lowest BCUT2D eigenvalue weighted by atomic mass is 10.1. The molecule has 0 bridgehead atoms. The maximum atomic E-state index is 5.68. The molecule has 2 aromatic rings. The number of hydrogen-bond donors (Lipinski definition) is 2. The monoisotopic (exact) mass is 297 g/mol. The number of guanidine groups is 1. The average molecular weight is 297 g/mol. The Hall–Kier alpha value is -2.69. The van der Waals surface area contributed by atoms with Gasteiger partial charge in [-0.2, -0.15) is 0 Å². The van der Waals surface area contributed by atoms with E-state index in [0.717, 1.165) is 29.7 Å². The van der Waals surface area contributed by atoms with Crippen LogP contribution in [0.5, 0.6) is 11.5 Å². The number of nitrogens with one attached hydrogen (secondary N) is 2. The molecule has 1 aliphatic rings. The number of benzene rings is 2. The van der Waals surface area contributed by atoms with E-state index in [1.54, 1.807) is 7.11 Å². The summed E-state index contributed by atoms with van der Waals surface area (Å²) in [5.74, 6) is 2.37. The summed E-state index contributed by atoms with van der Waals surface area (Å²) in [4.78, 5) is 4.54. The van der Waals surface area contributed by atoms with Crippen molar-refractivity contribution < 1.29 is 9.47 Å². The predicted molar refractivity (Wildman–Crippen MR) is 86.9 cm³/mol. The summed E-state index contributed by atoms with van der Waals surface area (Å²) >= 11 is 0. The van der Waals surface area contributed by atoms with E-state index in [9.17, 15) is 0 Å². The maximum absolute atomic E-state index is 5.68. The van der Waals surface area contributed by atoms with E-state index in [-0.39, 0.29) is 0 Å². The fraction of sp³-hybridized carbons (Fsp3) is 0.235. The predicted octanol–water partition coefficient (Wildman–Crippen LogP) is 2.45. The number of fused-ring (bicyclic) bond motifs is 1. The van der Waals surface area contributed by atoms with Gasteiger partial charge in [-0.1, -0.05) is 24.3 Å². The summed E-state index contributed by atoms with van der Waals surface area (Å²) < 4.78 is 10.8. The van der Waals surface area contributed by atoms with Gasteiger partial charge in [-0.15, -0.1) is 0 Å². The third-order valence-corrected chi connectivity index (χ3v) is 3.37. The van der Waals surface area contributed by atoms with Crippen LogP contribution in [0, 0.1) is 0 Å². The third-order valence-electron chi connectivity index (χ3n) is 3.37. The van der Waals surface area contributed by atoms with Gasteiger partial charge in [0.2, 0.25) is 0 Å². The van der Waals surface area contributed by atoms with Crippen LogP contribution in [0.3, 0.4) is 0 Å². The quantitative estimate of drug-likeness (QED) is 0.832. The molecule has 0 amide bonds. The van der Waals surface area contributed by atoms with Crippen LogP contribution in [0.25, 0.3) is 0 Å². The van der Waals surface area contributed by atoms with Crippen molar-refractivity contribution in [2.45, 2.75) is 6.54 Å². The number of methoxy groups -OCH3 is 1. The van der Waals surface area contributed by atoms with Gasteiger partial charge in [0.1, 0.15) is 18.1 Å². The lowest BCUT2D eigenvalue weighted by Gasteiger charge is -2.18. The molecule has 0 radical (unpaired) electrons. The van der Waals surface area contributed by atoms with Crippen LogP contribution in [-0.2, 0) is 6.54 Å². The summed E-state index contributed by atoms with van der Waals surface area (Å²) in [6, 6.07) is 15.7. The second kappa shape index (κ2) is 6.85. The van der Waals surface area contributed by atoms with E-state index in [0.29, 0.717) is 13.2 Å². The van der Waals surface area contributed by atoms with E-state index in [1.165, 1.54) is 5.56 Å². The lowest BCUT2D eigenvalue weighted by Crippen LogP contribution is -2.40. The lowest BCUT2D eigenvalue weighted by molar-refractivity contribution is 0.319. The van der Waals surface area contributed by atoms with Crippen LogP contribution < -0.4 is 20.1 Å². The molecule has 1 aliphatic heterocycles. The Kier molecular flexibility index (Phi) is 4.44. The molecule has 0 fully saturated rings. The van der Waals surface area contributed by atoms with E-state index in [1.807, 2.05) is 42.5 Å². The largest absolute Gasteiger partial charge is 0.497 e. The topological polar surface area (TPSA) is 54.9 Å². The summed E-state index contributed by atoms with van der Waals surface area (Å²) in [6.45, 7) is 2.01. The van der Waals surface area contributed by atoms with Crippen molar-refractivity contribution in [3.8, 4) is 11.5 Å². The van der Waals surface area contributed by atoms with Crippen LogP contribution in [0.4, 0.5) is 5.69 Å². The Balaban J connectivity index is 1.49. The Morgan fingerprint density at radius 3 is 2.91 bits per heavy atom. The zero-order chi connectivity index (χ0) is 15.2. The van der Waals surface area contributed by atoms with Crippen molar-refractivity contribution in [3.63, 3.8) is 0 Å². The van der Waals surface area contributed by atoms with Crippen molar-refractivity contribution in [2.75, 3.05) is 20.3 Å². The smallest absolute Gasteiger partial charge is 0.196 e. The minimum Gasteiger partial charge on any atom is -0.497 e. The van der Waals surface area contributed by atoms with Crippen molar-refractivity contribution in [1.29, 1.82) is 0 Å². The number of hydrogen-bond acceptors (Lipinski definition) is 5. The van der Waals surface area contributed by atoms with E-state index >= 15 is 0 Å². The first kappa shape index (κ1) is 14.3. The highest BCUT2D eigenvalue weighted by atomic mass is 16.5. The first-order chi connectivity index (χ1) is 10.8. The highest BCUT2D eigenvalue weighted by Crippen LogP contribution is 2.21. The van der Waals surface area contributed by atoms with Crippen LogP contribution in [0.15, 0.2) is 53.5 Å². The van der Waals surface area contributed by atoms with Gasteiger partial charge >= 0.3 is 0 Å². The molecule has 0 aromatic heterocycles. The van der Waals surface area contributed by atoms with Crippen molar-refractivity contribution in [1.82, 2.24) is 10.6 Å². The van der Waals surface area contributed by atoms with Gasteiger partial charge in [0, 0.05) is 12.6 Å². The molecular weight excluding hydrogens is 278 g/mol. The van der Waals surface area contributed by atoms with Gasteiger partial charge in [0.15, 0.2) is 5.96 Å². The highest BCUT2D eigenvalue weighted by Gasteiger charge is 2.09. The maximum Gasteiger partial charge on any atom is 0.196 e. The van der Waals surface area contributed by atoms with Crippen LogP contribution in [-0.4, -0.2) is 26.2 Å². The van der Waals surface area contributed by atoms with Crippen molar-refractivity contribution in [2.24, 2.45) is 4.99 Å². The number of rotatable bonds is 5. The fourth-order valence-corrected chi connectivity index (χ4v) is 2.24. The number of nitrogens with zero attached hydrogens (tertiary/aromatic N) is 1. The molecule has 0 saturated carbocycles. The summed E-state index contributed by atoms with van der Waals surface area (Å²) in [7, 11) is 1.64. The number of para-hydroxylation sites is 1. The van der Waals surface area contributed by atoms with Gasteiger partial charge in [0.25, 0.3) is 0 Å². The van der Waals surface area contributed by atoms with Crippen LogP contribution >= 0.6 is 0 Å². The molecule has 1 heterocycles. The minimum absolute atomic E-state index is 0.551. The fourth-order valence-electron chi connectivity index (χ4n) is 2.24. The first-order valence-electron chi connectivity index (χ1n) is 7.26. The van der Waals surface area contributed by atoms with Crippen LogP contribution in [0.2, 0.25) is 0 Å². The molecule has 0 unspecified atom stereocenters. The number of ether oxygens (including phenoxy) is 2. The number of aliphatic imine (C=N–C) groups is 1. The van der Waals surface area contributed by atoms with E-state index < -0.39 is 0 Å². The minimum atomic E-state index is 0.551. The molecular formula is C17H19N3O2. The molecule has 0 saturated heterocycles. The van der Waals surface area contributed by atoms with Gasteiger partial charge < -0.3 is 20.1 Å². The average Bonchev–Trinajstić information content (AvgIpc) is 2.59. The Labute approximate surface area is 130 Å². The van der Waals surface area contributed by atoms with Gasteiger partial charge in [-0.05, 0) is 23.8 Å². The van der Waals surface area contributed by atoms with Crippen molar-refractivity contribution >= 4 is 11.6 Å². The molecule has 2 N–H and O–H groups in total. The summed E-state index contributed by atoms with van der Waals surface area (Å²) in [5.41, 5.74) is 2.22. The second-order valence-corrected chi connectivity index (χ2v) is 4.90. The van der Waals surface area contributed by atoms with E-state index in [2.05, 4.69) is 21.7 Å². The second-order valence-electron chi connectivity index (χ2n) is 4.90. The normalized spacial score (nSPS) is 12.7. The molecule has 22 heavy (non-hydrogen) atoms. The van der Waals surface area contributed by atoms with Crippen molar-refractivity contribution in [3.05, 3.63) is 54.1 Å². The molecule has 3 rings (SSSR count). The van der Waals surface area contributed by atoms with E-state index in [4.69, 9.17) is 9.47 Å². The highest BCUT2D eigenvalue weighted by molar-refractivity contribution is 5.84. The Bertz CT molecular complexity index is 670. The molecule has 5 heteroatoms. The Morgan fingerprint density at radius 1 is 1.14 bits per heavy atom. The van der Waals surface area contributed by atoms with Gasteiger partial charge in [-0.3, -0.25) is 0 Å². The molecule has 5 nitrogen and oxygen atoms in total. The first-order valence-corrected chi connectivity index (χ1v) is 7.26. The SMILES string of the molecule is COc1cccc(OCCNC2=Nc3ccccc3CN2)c1. The molecule has 0 spiro atoms.